The van der Waals surface area contributed by atoms with Crippen molar-refractivity contribution in [2.45, 2.75) is 12.8 Å². The first kappa shape index (κ1) is 20.4. The molecule has 2 aromatic rings. The molecule has 1 aromatic heterocycles. The molecule has 2 fully saturated rings. The number of nitrogens with zero attached hydrogens (tertiary/aromatic N) is 5. The van der Waals surface area contributed by atoms with Crippen molar-refractivity contribution in [1.82, 2.24) is 24.5 Å². The second kappa shape index (κ2) is 8.87. The molecule has 0 spiro atoms. The second-order valence-electron chi connectivity index (χ2n) is 8.02. The first-order chi connectivity index (χ1) is 14.6. The van der Waals surface area contributed by atoms with Crippen LogP contribution in [0.5, 0.6) is 5.75 Å². The fourth-order valence-electron chi connectivity index (χ4n) is 4.13. The second-order valence-corrected chi connectivity index (χ2v) is 8.02. The summed E-state index contributed by atoms with van der Waals surface area (Å²) in [4.78, 5) is 32.0. The van der Waals surface area contributed by atoms with E-state index in [9.17, 15) is 9.59 Å². The monoisotopic (exact) mass is 411 g/mol. The maximum absolute atomic E-state index is 13.1. The molecule has 0 bridgehead atoms. The van der Waals surface area contributed by atoms with Gasteiger partial charge in [-0.05, 0) is 32.0 Å². The topological polar surface area (TPSA) is 70.9 Å². The number of ether oxygens (including phenoxy) is 1. The number of hydrogen-bond donors (Lipinski definition) is 0. The van der Waals surface area contributed by atoms with Crippen LogP contribution in [0.3, 0.4) is 0 Å². The largest absolute Gasteiger partial charge is 0.493 e. The number of para-hydroxylation sites is 1. The number of rotatable bonds is 4. The van der Waals surface area contributed by atoms with E-state index in [1.54, 1.807) is 22.9 Å². The molecule has 8 heteroatoms. The summed E-state index contributed by atoms with van der Waals surface area (Å²) in [7, 11) is 3.63. The lowest BCUT2D eigenvalue weighted by molar-refractivity contribution is -0.138. The zero-order valence-corrected chi connectivity index (χ0v) is 17.7. The number of hydrogen-bond acceptors (Lipinski definition) is 5. The molecular formula is C22H29N5O3. The predicted molar refractivity (Wildman–Crippen MR) is 113 cm³/mol. The van der Waals surface area contributed by atoms with E-state index in [0.29, 0.717) is 37.4 Å². The van der Waals surface area contributed by atoms with Crippen LogP contribution in [0.15, 0.2) is 36.5 Å². The highest BCUT2D eigenvalue weighted by Gasteiger charge is 2.33. The van der Waals surface area contributed by atoms with Crippen LogP contribution in [0.4, 0.5) is 0 Å². The quantitative estimate of drug-likeness (QED) is 0.763. The zero-order chi connectivity index (χ0) is 21.1. The molecule has 2 saturated heterocycles. The van der Waals surface area contributed by atoms with E-state index in [1.807, 2.05) is 35.2 Å². The summed E-state index contributed by atoms with van der Waals surface area (Å²) in [6.45, 7) is 4.56. The van der Waals surface area contributed by atoms with E-state index in [2.05, 4.69) is 17.0 Å². The van der Waals surface area contributed by atoms with Crippen LogP contribution < -0.4 is 4.74 Å². The van der Waals surface area contributed by atoms with Crippen LogP contribution in [-0.4, -0.2) is 89.7 Å². The number of likely N-dealkylation sites (N-methyl/N-ethyl adjacent to an activating group) is 1. The molecule has 0 radical (unpaired) electrons. The van der Waals surface area contributed by atoms with Gasteiger partial charge in [-0.3, -0.25) is 9.59 Å². The molecule has 1 aromatic carbocycles. The molecule has 30 heavy (non-hydrogen) atoms. The highest BCUT2D eigenvalue weighted by atomic mass is 16.5. The number of benzene rings is 1. The normalized spacial score (nSPS) is 18.5. The van der Waals surface area contributed by atoms with Crippen molar-refractivity contribution in [2.75, 3.05) is 53.4 Å². The number of likely N-dealkylation sites (tertiary alicyclic amines) is 1. The predicted octanol–water partition coefficient (Wildman–Crippen LogP) is 1.51. The molecule has 8 nitrogen and oxygen atoms in total. The highest BCUT2D eigenvalue weighted by Crippen LogP contribution is 2.25. The van der Waals surface area contributed by atoms with Gasteiger partial charge in [-0.15, -0.1) is 0 Å². The summed E-state index contributed by atoms with van der Waals surface area (Å²) in [6, 6.07) is 9.64. The van der Waals surface area contributed by atoms with Gasteiger partial charge in [0.1, 0.15) is 0 Å². The van der Waals surface area contributed by atoms with Crippen LogP contribution >= 0.6 is 0 Å². The van der Waals surface area contributed by atoms with E-state index < -0.39 is 0 Å². The number of carbonyl (C=O) groups is 2. The fraction of sp³-hybridized carbons (Fsp3) is 0.500. The number of piperazine rings is 1. The Morgan fingerprint density at radius 1 is 0.967 bits per heavy atom. The lowest BCUT2D eigenvalue weighted by Gasteiger charge is -2.37. The number of amides is 2. The van der Waals surface area contributed by atoms with Gasteiger partial charge in [0.2, 0.25) is 5.91 Å². The Morgan fingerprint density at radius 2 is 1.63 bits per heavy atom. The summed E-state index contributed by atoms with van der Waals surface area (Å²) in [6.07, 6.45) is 3.11. The van der Waals surface area contributed by atoms with E-state index in [4.69, 9.17) is 4.74 Å². The number of aromatic nitrogens is 2. The van der Waals surface area contributed by atoms with Gasteiger partial charge in [0.25, 0.3) is 5.91 Å². The van der Waals surface area contributed by atoms with Gasteiger partial charge in [-0.25, -0.2) is 4.68 Å². The Balaban J connectivity index is 1.40. The SMILES string of the molecule is COc1cn(-c2ccccc2)nc1C(=O)N1CCC(C(=O)N2CCN(C)CC2)CC1. The maximum atomic E-state index is 13.1. The van der Waals surface area contributed by atoms with Crippen LogP contribution in [0.1, 0.15) is 23.3 Å². The lowest BCUT2D eigenvalue weighted by Crippen LogP contribution is -2.51. The van der Waals surface area contributed by atoms with E-state index in [1.165, 1.54) is 0 Å². The van der Waals surface area contributed by atoms with Crippen LogP contribution in [-0.2, 0) is 4.79 Å². The molecule has 2 amide bonds. The Bertz CT molecular complexity index is 881. The standard InChI is InChI=1S/C22H29N5O3/c1-24-12-14-26(15-13-24)21(28)17-8-10-25(11-9-17)22(29)20-19(30-2)16-27(23-20)18-6-4-3-5-7-18/h3-7,16-17H,8-15H2,1-2H3. The Hall–Kier alpha value is -2.87. The summed E-state index contributed by atoms with van der Waals surface area (Å²) in [5, 5.41) is 4.48. The van der Waals surface area contributed by atoms with Crippen LogP contribution in [0.25, 0.3) is 5.69 Å². The minimum absolute atomic E-state index is 0.00114. The molecule has 0 N–H and O–H groups in total. The molecule has 0 atom stereocenters. The third kappa shape index (κ3) is 4.18. The van der Waals surface area contributed by atoms with Gasteiger partial charge in [0.15, 0.2) is 11.4 Å². The fourth-order valence-corrected chi connectivity index (χ4v) is 4.13. The van der Waals surface area contributed by atoms with Gasteiger partial charge in [-0.1, -0.05) is 18.2 Å². The van der Waals surface area contributed by atoms with Crippen molar-refractivity contribution < 1.29 is 14.3 Å². The van der Waals surface area contributed by atoms with Gasteiger partial charge in [0, 0.05) is 45.2 Å². The van der Waals surface area contributed by atoms with E-state index >= 15 is 0 Å². The molecular weight excluding hydrogens is 382 g/mol. The summed E-state index contributed by atoms with van der Waals surface area (Å²) in [5.74, 6) is 0.550. The minimum Gasteiger partial charge on any atom is -0.493 e. The molecule has 160 valence electrons. The number of carbonyl (C=O) groups excluding carboxylic acids is 2. The zero-order valence-electron chi connectivity index (χ0n) is 17.7. The third-order valence-corrected chi connectivity index (χ3v) is 6.07. The minimum atomic E-state index is -0.146. The third-order valence-electron chi connectivity index (χ3n) is 6.07. The first-order valence-electron chi connectivity index (χ1n) is 10.5. The summed E-state index contributed by atoms with van der Waals surface area (Å²) in [5.41, 5.74) is 1.18. The molecule has 4 rings (SSSR count). The Kier molecular flexibility index (Phi) is 6.03. The highest BCUT2D eigenvalue weighted by molar-refractivity contribution is 5.95. The number of piperidine rings is 1. The van der Waals surface area contributed by atoms with Gasteiger partial charge in [-0.2, -0.15) is 5.10 Å². The maximum Gasteiger partial charge on any atom is 0.278 e. The molecule has 0 saturated carbocycles. The Morgan fingerprint density at radius 3 is 2.27 bits per heavy atom. The smallest absolute Gasteiger partial charge is 0.278 e. The number of methoxy groups -OCH3 is 1. The molecule has 2 aliphatic heterocycles. The molecule has 0 unspecified atom stereocenters. The van der Waals surface area contributed by atoms with Crippen molar-refractivity contribution in [3.05, 3.63) is 42.2 Å². The molecule has 2 aliphatic rings. The average Bonchev–Trinajstić information content (AvgIpc) is 3.24. The average molecular weight is 412 g/mol. The molecule has 0 aliphatic carbocycles. The molecule has 3 heterocycles. The van der Waals surface area contributed by atoms with Crippen LogP contribution in [0.2, 0.25) is 0 Å². The van der Waals surface area contributed by atoms with Gasteiger partial charge < -0.3 is 19.4 Å². The summed E-state index contributed by atoms with van der Waals surface area (Å²) >= 11 is 0. The van der Waals surface area contributed by atoms with Crippen molar-refractivity contribution in [3.63, 3.8) is 0 Å². The van der Waals surface area contributed by atoms with Crippen molar-refractivity contribution >= 4 is 11.8 Å². The van der Waals surface area contributed by atoms with Gasteiger partial charge in [0.05, 0.1) is 19.0 Å². The van der Waals surface area contributed by atoms with E-state index in [0.717, 1.165) is 31.9 Å². The van der Waals surface area contributed by atoms with E-state index in [-0.39, 0.29) is 17.7 Å². The van der Waals surface area contributed by atoms with Crippen LogP contribution in [0, 0.1) is 5.92 Å². The van der Waals surface area contributed by atoms with Crippen molar-refractivity contribution in [2.24, 2.45) is 5.92 Å². The summed E-state index contributed by atoms with van der Waals surface area (Å²) < 4.78 is 7.07. The Labute approximate surface area is 177 Å². The van der Waals surface area contributed by atoms with Crippen molar-refractivity contribution in [1.29, 1.82) is 0 Å². The van der Waals surface area contributed by atoms with Gasteiger partial charge >= 0.3 is 0 Å². The lowest BCUT2D eigenvalue weighted by atomic mass is 9.94. The first-order valence-corrected chi connectivity index (χ1v) is 10.5. The van der Waals surface area contributed by atoms with Crippen molar-refractivity contribution in [3.8, 4) is 11.4 Å².